The second kappa shape index (κ2) is 6.90. The lowest BCUT2D eigenvalue weighted by molar-refractivity contribution is 0.0657. The first-order chi connectivity index (χ1) is 12.1. The first-order valence-corrected chi connectivity index (χ1v) is 9.75. The number of rotatable bonds is 2. The fourth-order valence-corrected chi connectivity index (χ4v) is 4.71. The third-order valence-corrected chi connectivity index (χ3v) is 6.18. The average molecular weight is 343 g/mol. The molecule has 0 spiro atoms. The molecule has 0 N–H and O–H groups in total. The van der Waals surface area contributed by atoms with Crippen molar-refractivity contribution in [2.45, 2.75) is 57.5 Å². The summed E-state index contributed by atoms with van der Waals surface area (Å²) in [7, 11) is 2.19. The zero-order valence-corrected chi connectivity index (χ0v) is 15.4. The molecule has 0 aliphatic carbocycles. The topological polar surface area (TPSA) is 52.6 Å². The van der Waals surface area contributed by atoms with E-state index in [-0.39, 0.29) is 5.91 Å². The van der Waals surface area contributed by atoms with Crippen LogP contribution in [0.1, 0.15) is 54.6 Å². The van der Waals surface area contributed by atoms with E-state index in [4.69, 9.17) is 0 Å². The molecule has 1 aromatic rings. The Morgan fingerprint density at radius 1 is 1.04 bits per heavy atom. The predicted molar refractivity (Wildman–Crippen MR) is 97.9 cm³/mol. The number of aromatic nitrogens is 2. The number of carbonyl (C=O) groups is 1. The summed E-state index contributed by atoms with van der Waals surface area (Å²) in [5.41, 5.74) is 1.49. The molecular formula is C19H29N5O. The van der Waals surface area contributed by atoms with Crippen molar-refractivity contribution >= 4 is 11.9 Å². The molecule has 0 aromatic carbocycles. The highest BCUT2D eigenvalue weighted by Gasteiger charge is 2.39. The molecule has 3 aliphatic rings. The minimum Gasteiger partial charge on any atom is -0.341 e. The molecule has 0 saturated carbocycles. The Labute approximate surface area is 150 Å². The molecule has 3 aliphatic heterocycles. The Balaban J connectivity index is 1.57. The van der Waals surface area contributed by atoms with Crippen LogP contribution in [-0.4, -0.2) is 71.0 Å². The van der Waals surface area contributed by atoms with Crippen molar-refractivity contribution < 1.29 is 4.79 Å². The maximum Gasteiger partial charge on any atom is 0.257 e. The standard InChI is InChI=1S/C19H29N5O/c1-14-15(13-20-19(21-14)23-9-5-6-10-23)18(25)24-11-4-3-7-16-17(24)8-12-22(16)2/h13,16-17H,3-12H2,1-2H3/t16-,17-/m1/s1. The number of carbonyl (C=O) groups excluding carboxylic acids is 1. The molecule has 1 amide bonds. The lowest BCUT2D eigenvalue weighted by atomic mass is 10.0. The number of likely N-dealkylation sites (tertiary alicyclic amines) is 2. The van der Waals surface area contributed by atoms with Crippen LogP contribution in [0.5, 0.6) is 0 Å². The first-order valence-electron chi connectivity index (χ1n) is 9.75. The SMILES string of the molecule is Cc1nc(N2CCCC2)ncc1C(=O)N1CCCC[C@@H]2[C@H]1CCN2C. The highest BCUT2D eigenvalue weighted by molar-refractivity contribution is 5.95. The number of nitrogens with zero attached hydrogens (tertiary/aromatic N) is 5. The number of amides is 1. The van der Waals surface area contributed by atoms with Gasteiger partial charge in [-0.2, -0.15) is 0 Å². The van der Waals surface area contributed by atoms with Gasteiger partial charge in [-0.1, -0.05) is 6.42 Å². The number of aryl methyl sites for hydroxylation is 1. The minimum atomic E-state index is 0.123. The van der Waals surface area contributed by atoms with Crippen LogP contribution >= 0.6 is 0 Å². The van der Waals surface area contributed by atoms with Gasteiger partial charge < -0.3 is 14.7 Å². The Hall–Kier alpha value is -1.69. The number of likely N-dealkylation sites (N-methyl/N-ethyl adjacent to an activating group) is 1. The summed E-state index contributed by atoms with van der Waals surface area (Å²) in [6.45, 7) is 5.94. The normalized spacial score (nSPS) is 27.4. The Kier molecular flexibility index (Phi) is 4.63. The van der Waals surface area contributed by atoms with Gasteiger partial charge in [-0.25, -0.2) is 9.97 Å². The van der Waals surface area contributed by atoms with Gasteiger partial charge in [0.15, 0.2) is 0 Å². The zero-order valence-electron chi connectivity index (χ0n) is 15.4. The van der Waals surface area contributed by atoms with Crippen LogP contribution in [0.25, 0.3) is 0 Å². The molecule has 1 aromatic heterocycles. The van der Waals surface area contributed by atoms with Crippen molar-refractivity contribution in [3.8, 4) is 0 Å². The molecule has 6 heteroatoms. The number of fused-ring (bicyclic) bond motifs is 1. The molecule has 4 rings (SSSR count). The molecular weight excluding hydrogens is 314 g/mol. The third-order valence-electron chi connectivity index (χ3n) is 6.18. The predicted octanol–water partition coefficient (Wildman–Crippen LogP) is 2.08. The van der Waals surface area contributed by atoms with Crippen LogP contribution in [0.3, 0.4) is 0 Å². The fraction of sp³-hybridized carbons (Fsp3) is 0.737. The van der Waals surface area contributed by atoms with E-state index in [9.17, 15) is 4.79 Å². The molecule has 2 atom stereocenters. The molecule has 25 heavy (non-hydrogen) atoms. The van der Waals surface area contributed by atoms with E-state index < -0.39 is 0 Å². The smallest absolute Gasteiger partial charge is 0.257 e. The summed E-state index contributed by atoms with van der Waals surface area (Å²) in [4.78, 5) is 29.2. The Bertz CT molecular complexity index is 643. The molecule has 0 unspecified atom stereocenters. The average Bonchev–Trinajstić information content (AvgIpc) is 3.20. The maximum atomic E-state index is 13.3. The first kappa shape index (κ1) is 16.8. The van der Waals surface area contributed by atoms with Gasteiger partial charge in [0, 0.05) is 44.5 Å². The molecule has 4 heterocycles. The van der Waals surface area contributed by atoms with Gasteiger partial charge in [-0.3, -0.25) is 4.79 Å². The van der Waals surface area contributed by atoms with E-state index in [1.165, 1.54) is 25.7 Å². The van der Waals surface area contributed by atoms with E-state index in [2.05, 4.69) is 31.7 Å². The highest BCUT2D eigenvalue weighted by Crippen LogP contribution is 2.30. The van der Waals surface area contributed by atoms with Gasteiger partial charge in [-0.05, 0) is 46.1 Å². The van der Waals surface area contributed by atoms with Crippen molar-refractivity contribution in [3.05, 3.63) is 17.5 Å². The summed E-state index contributed by atoms with van der Waals surface area (Å²) >= 11 is 0. The van der Waals surface area contributed by atoms with Gasteiger partial charge in [0.25, 0.3) is 5.91 Å². The van der Waals surface area contributed by atoms with Crippen LogP contribution in [0.15, 0.2) is 6.20 Å². The summed E-state index contributed by atoms with van der Waals surface area (Å²) in [5.74, 6) is 0.901. The largest absolute Gasteiger partial charge is 0.341 e. The number of anilines is 1. The molecule has 6 nitrogen and oxygen atoms in total. The maximum absolute atomic E-state index is 13.3. The molecule has 136 valence electrons. The molecule has 0 radical (unpaired) electrons. The molecule has 3 fully saturated rings. The Morgan fingerprint density at radius 2 is 1.80 bits per heavy atom. The summed E-state index contributed by atoms with van der Waals surface area (Å²) in [6, 6.07) is 0.856. The molecule has 3 saturated heterocycles. The van der Waals surface area contributed by atoms with Gasteiger partial charge in [-0.15, -0.1) is 0 Å². The Morgan fingerprint density at radius 3 is 2.56 bits per heavy atom. The van der Waals surface area contributed by atoms with Gasteiger partial charge in [0.1, 0.15) is 0 Å². The van der Waals surface area contributed by atoms with Crippen LogP contribution in [0, 0.1) is 6.92 Å². The minimum absolute atomic E-state index is 0.123. The van der Waals surface area contributed by atoms with Crippen molar-refractivity contribution in [1.82, 2.24) is 19.8 Å². The lowest BCUT2D eigenvalue weighted by Gasteiger charge is -2.32. The zero-order chi connectivity index (χ0) is 17.4. The lowest BCUT2D eigenvalue weighted by Crippen LogP contribution is -2.46. The van der Waals surface area contributed by atoms with E-state index in [0.717, 1.165) is 50.7 Å². The van der Waals surface area contributed by atoms with E-state index in [1.807, 2.05) is 6.92 Å². The van der Waals surface area contributed by atoms with Crippen molar-refractivity contribution in [3.63, 3.8) is 0 Å². The quantitative estimate of drug-likeness (QED) is 0.823. The van der Waals surface area contributed by atoms with Crippen LogP contribution < -0.4 is 4.90 Å². The van der Waals surface area contributed by atoms with Crippen molar-refractivity contribution in [2.24, 2.45) is 0 Å². The fourth-order valence-electron chi connectivity index (χ4n) is 4.71. The van der Waals surface area contributed by atoms with Gasteiger partial charge in [0.05, 0.1) is 11.3 Å². The van der Waals surface area contributed by atoms with Crippen LogP contribution in [0.4, 0.5) is 5.95 Å². The summed E-state index contributed by atoms with van der Waals surface area (Å²) in [6.07, 6.45) is 8.75. The highest BCUT2D eigenvalue weighted by atomic mass is 16.2. The number of hydrogen-bond acceptors (Lipinski definition) is 5. The number of hydrogen-bond donors (Lipinski definition) is 0. The van der Waals surface area contributed by atoms with Crippen LogP contribution in [-0.2, 0) is 0 Å². The third kappa shape index (κ3) is 3.12. The summed E-state index contributed by atoms with van der Waals surface area (Å²) < 4.78 is 0. The van der Waals surface area contributed by atoms with Crippen LogP contribution in [0.2, 0.25) is 0 Å². The van der Waals surface area contributed by atoms with E-state index in [0.29, 0.717) is 17.6 Å². The van der Waals surface area contributed by atoms with Crippen molar-refractivity contribution in [2.75, 3.05) is 38.1 Å². The van der Waals surface area contributed by atoms with Gasteiger partial charge >= 0.3 is 0 Å². The second-order valence-corrected chi connectivity index (χ2v) is 7.76. The monoisotopic (exact) mass is 343 g/mol. The van der Waals surface area contributed by atoms with Crippen molar-refractivity contribution in [1.29, 1.82) is 0 Å². The van der Waals surface area contributed by atoms with E-state index in [1.54, 1.807) is 6.20 Å². The molecule has 0 bridgehead atoms. The summed E-state index contributed by atoms with van der Waals surface area (Å²) in [5, 5.41) is 0. The van der Waals surface area contributed by atoms with Gasteiger partial charge in [0.2, 0.25) is 5.95 Å². The van der Waals surface area contributed by atoms with E-state index >= 15 is 0 Å². The second-order valence-electron chi connectivity index (χ2n) is 7.76.